The third kappa shape index (κ3) is 2.79. The highest BCUT2D eigenvalue weighted by atomic mass is 32.1. The first kappa shape index (κ1) is 11.5. The van der Waals surface area contributed by atoms with E-state index in [9.17, 15) is 9.18 Å². The largest absolute Gasteiger partial charge is 0.505 e. The molecule has 0 spiro atoms. The Morgan fingerprint density at radius 1 is 1.35 bits per heavy atom. The summed E-state index contributed by atoms with van der Waals surface area (Å²) in [6.45, 7) is 0. The number of carbonyl (C=O) groups is 1. The maximum absolute atomic E-state index is 13.0. The van der Waals surface area contributed by atoms with Crippen LogP contribution in [0.25, 0.3) is 6.08 Å². The Labute approximate surface area is 102 Å². The van der Waals surface area contributed by atoms with E-state index in [0.717, 1.165) is 10.9 Å². The van der Waals surface area contributed by atoms with E-state index in [2.05, 4.69) is 0 Å². The first-order valence-corrected chi connectivity index (χ1v) is 5.79. The molecule has 17 heavy (non-hydrogen) atoms. The summed E-state index contributed by atoms with van der Waals surface area (Å²) in [5.74, 6) is -1.54. The number of aromatic hydroxyl groups is 1. The highest BCUT2D eigenvalue weighted by molar-refractivity contribution is 7.10. The van der Waals surface area contributed by atoms with Crippen LogP contribution in [0.4, 0.5) is 4.39 Å². The Morgan fingerprint density at radius 3 is 2.82 bits per heavy atom. The molecule has 0 unspecified atom stereocenters. The molecule has 1 heterocycles. The first-order chi connectivity index (χ1) is 8.16. The second-order valence-electron chi connectivity index (χ2n) is 3.38. The number of phenolic OH excluding ortho intramolecular Hbond substituents is 1. The van der Waals surface area contributed by atoms with E-state index in [1.54, 1.807) is 6.08 Å². The van der Waals surface area contributed by atoms with Crippen LogP contribution in [-0.2, 0) is 0 Å². The molecule has 2 nitrogen and oxygen atoms in total. The summed E-state index contributed by atoms with van der Waals surface area (Å²) in [7, 11) is 0. The fraction of sp³-hybridized carbons (Fsp3) is 0. The van der Waals surface area contributed by atoms with Crippen LogP contribution >= 0.6 is 11.3 Å². The average molecular weight is 248 g/mol. The predicted molar refractivity (Wildman–Crippen MR) is 65.7 cm³/mol. The number of benzene rings is 1. The Bertz CT molecular complexity index is 559. The molecule has 0 radical (unpaired) electrons. The lowest BCUT2D eigenvalue weighted by atomic mass is 10.1. The molecule has 86 valence electrons. The van der Waals surface area contributed by atoms with Gasteiger partial charge in [-0.3, -0.25) is 4.79 Å². The van der Waals surface area contributed by atoms with Crippen molar-refractivity contribution in [2.45, 2.75) is 0 Å². The second kappa shape index (κ2) is 4.93. The molecule has 2 aromatic rings. The average Bonchev–Trinajstić information content (AvgIpc) is 2.82. The maximum Gasteiger partial charge on any atom is 0.185 e. The molecular formula is C13H9FO2S. The summed E-state index contributed by atoms with van der Waals surface area (Å²) < 4.78 is 13.0. The Hall–Kier alpha value is -1.94. The minimum atomic E-state index is -0.791. The van der Waals surface area contributed by atoms with Gasteiger partial charge in [-0.25, -0.2) is 4.39 Å². The summed E-state index contributed by atoms with van der Waals surface area (Å²) in [4.78, 5) is 12.6. The third-order valence-corrected chi connectivity index (χ3v) is 3.01. The van der Waals surface area contributed by atoms with E-state index < -0.39 is 11.6 Å². The molecule has 1 aromatic heterocycles. The van der Waals surface area contributed by atoms with Crippen molar-refractivity contribution in [1.82, 2.24) is 0 Å². The fourth-order valence-corrected chi connectivity index (χ4v) is 1.92. The number of carbonyl (C=O) groups excluding carboxylic acids is 1. The van der Waals surface area contributed by atoms with Gasteiger partial charge in [-0.15, -0.1) is 11.3 Å². The molecule has 1 N–H and O–H groups in total. The quantitative estimate of drug-likeness (QED) is 0.667. The molecule has 1 aromatic carbocycles. The van der Waals surface area contributed by atoms with Crippen molar-refractivity contribution in [2.24, 2.45) is 0 Å². The standard InChI is InChI=1S/C13H9FO2S/c14-11-8-9(3-5-13(11)16)12(15)6-4-10-2-1-7-17-10/h1-8,16H/b6-4-. The van der Waals surface area contributed by atoms with E-state index in [1.165, 1.54) is 29.5 Å². The van der Waals surface area contributed by atoms with Crippen LogP contribution in [0.2, 0.25) is 0 Å². The normalized spacial score (nSPS) is 10.9. The number of ketones is 1. The van der Waals surface area contributed by atoms with E-state index in [0.29, 0.717) is 0 Å². The summed E-state index contributed by atoms with van der Waals surface area (Å²) in [5.41, 5.74) is 0.216. The zero-order valence-corrected chi connectivity index (χ0v) is 9.58. The summed E-state index contributed by atoms with van der Waals surface area (Å²) in [6.07, 6.45) is 3.06. The Balaban J connectivity index is 2.17. The van der Waals surface area contributed by atoms with Crippen LogP contribution in [-0.4, -0.2) is 10.9 Å². The zero-order chi connectivity index (χ0) is 12.3. The topological polar surface area (TPSA) is 37.3 Å². The zero-order valence-electron chi connectivity index (χ0n) is 8.76. The molecule has 0 aliphatic heterocycles. The Morgan fingerprint density at radius 2 is 2.18 bits per heavy atom. The lowest BCUT2D eigenvalue weighted by molar-refractivity contribution is 0.104. The first-order valence-electron chi connectivity index (χ1n) is 4.91. The number of allylic oxidation sites excluding steroid dienone is 1. The van der Waals surface area contributed by atoms with Gasteiger partial charge in [0, 0.05) is 10.4 Å². The van der Waals surface area contributed by atoms with Gasteiger partial charge >= 0.3 is 0 Å². The van der Waals surface area contributed by atoms with Gasteiger partial charge in [-0.05, 0) is 41.8 Å². The highest BCUT2D eigenvalue weighted by Crippen LogP contribution is 2.17. The molecule has 0 aliphatic rings. The van der Waals surface area contributed by atoms with Gasteiger partial charge in [-0.1, -0.05) is 6.07 Å². The van der Waals surface area contributed by atoms with Crippen molar-refractivity contribution in [3.63, 3.8) is 0 Å². The minimum absolute atomic E-state index is 0.216. The van der Waals surface area contributed by atoms with Crippen molar-refractivity contribution in [1.29, 1.82) is 0 Å². The fourth-order valence-electron chi connectivity index (χ4n) is 1.30. The van der Waals surface area contributed by atoms with Gasteiger partial charge in [0.25, 0.3) is 0 Å². The molecule has 0 bridgehead atoms. The van der Waals surface area contributed by atoms with Gasteiger partial charge in [0.2, 0.25) is 0 Å². The molecule has 0 atom stereocenters. The molecule has 2 rings (SSSR count). The van der Waals surface area contributed by atoms with Gasteiger partial charge in [-0.2, -0.15) is 0 Å². The van der Waals surface area contributed by atoms with Gasteiger partial charge in [0.1, 0.15) is 0 Å². The lowest BCUT2D eigenvalue weighted by Gasteiger charge is -1.98. The van der Waals surface area contributed by atoms with E-state index in [1.807, 2.05) is 17.5 Å². The van der Waals surface area contributed by atoms with E-state index in [-0.39, 0.29) is 11.3 Å². The van der Waals surface area contributed by atoms with Crippen molar-refractivity contribution in [2.75, 3.05) is 0 Å². The Kier molecular flexibility index (Phi) is 3.35. The van der Waals surface area contributed by atoms with Crippen LogP contribution in [0.1, 0.15) is 15.2 Å². The molecule has 4 heteroatoms. The summed E-state index contributed by atoms with van der Waals surface area (Å²) in [6, 6.07) is 7.35. The number of hydrogen-bond acceptors (Lipinski definition) is 3. The number of halogens is 1. The molecule has 0 fully saturated rings. The molecule has 0 saturated heterocycles. The van der Waals surface area contributed by atoms with E-state index >= 15 is 0 Å². The van der Waals surface area contributed by atoms with Crippen LogP contribution in [0, 0.1) is 5.82 Å². The number of thiophene rings is 1. The van der Waals surface area contributed by atoms with Crippen LogP contribution in [0.3, 0.4) is 0 Å². The van der Waals surface area contributed by atoms with Gasteiger partial charge < -0.3 is 5.11 Å². The lowest BCUT2D eigenvalue weighted by Crippen LogP contribution is -1.94. The van der Waals surface area contributed by atoms with Gasteiger partial charge in [0.05, 0.1) is 0 Å². The second-order valence-corrected chi connectivity index (χ2v) is 4.36. The number of rotatable bonds is 3. The molecule has 0 aliphatic carbocycles. The van der Waals surface area contributed by atoms with Crippen LogP contribution in [0.15, 0.2) is 41.8 Å². The summed E-state index contributed by atoms with van der Waals surface area (Å²) in [5, 5.41) is 10.9. The monoisotopic (exact) mass is 248 g/mol. The van der Waals surface area contributed by atoms with Crippen molar-refractivity contribution in [3.05, 3.63) is 58.0 Å². The molecular weight excluding hydrogens is 239 g/mol. The highest BCUT2D eigenvalue weighted by Gasteiger charge is 2.06. The van der Waals surface area contributed by atoms with Crippen LogP contribution < -0.4 is 0 Å². The van der Waals surface area contributed by atoms with Crippen molar-refractivity contribution < 1.29 is 14.3 Å². The minimum Gasteiger partial charge on any atom is -0.505 e. The summed E-state index contributed by atoms with van der Waals surface area (Å²) >= 11 is 1.51. The van der Waals surface area contributed by atoms with E-state index in [4.69, 9.17) is 5.11 Å². The smallest absolute Gasteiger partial charge is 0.185 e. The van der Waals surface area contributed by atoms with Gasteiger partial charge in [0.15, 0.2) is 17.3 Å². The molecule has 0 amide bonds. The SMILES string of the molecule is O=C(/C=C\c1cccs1)c1ccc(O)c(F)c1. The third-order valence-electron chi connectivity index (χ3n) is 2.17. The number of hydrogen-bond donors (Lipinski definition) is 1. The van der Waals surface area contributed by atoms with Crippen molar-refractivity contribution >= 4 is 23.2 Å². The molecule has 0 saturated carbocycles. The predicted octanol–water partition coefficient (Wildman–Crippen LogP) is 3.49. The van der Waals surface area contributed by atoms with Crippen LogP contribution in [0.5, 0.6) is 5.75 Å². The maximum atomic E-state index is 13.0. The van der Waals surface area contributed by atoms with Crippen molar-refractivity contribution in [3.8, 4) is 5.75 Å². The number of phenols is 1.